The maximum atomic E-state index is 6.28. The van der Waals surface area contributed by atoms with Gasteiger partial charge in [0.1, 0.15) is 0 Å². The maximum Gasteiger partial charge on any atom is 0.0922 e. The van der Waals surface area contributed by atoms with Gasteiger partial charge in [-0.15, -0.1) is 0 Å². The second kappa shape index (κ2) is 5.51. The van der Waals surface area contributed by atoms with Gasteiger partial charge in [0.2, 0.25) is 0 Å². The molecule has 1 atom stereocenters. The van der Waals surface area contributed by atoms with E-state index in [0.717, 1.165) is 16.3 Å². The lowest BCUT2D eigenvalue weighted by atomic mass is 9.86. The highest BCUT2D eigenvalue weighted by atomic mass is 35.5. The molecule has 0 saturated carbocycles. The molecule has 0 amide bonds. The summed E-state index contributed by atoms with van der Waals surface area (Å²) >= 11 is 6.28. The van der Waals surface area contributed by atoms with Crippen molar-refractivity contribution in [2.45, 2.75) is 12.8 Å². The third-order valence-corrected chi connectivity index (χ3v) is 3.99. The first-order chi connectivity index (χ1) is 9.77. The molecule has 3 heteroatoms. The number of nitrogens with one attached hydrogen (secondary N) is 1. The Bertz CT molecular complexity index is 690. The normalized spacial score (nSPS) is 12.3. The summed E-state index contributed by atoms with van der Waals surface area (Å²) in [5.74, 6) is 0.123. The first-order valence-corrected chi connectivity index (χ1v) is 6.93. The van der Waals surface area contributed by atoms with Crippen LogP contribution in [0.15, 0.2) is 61.1 Å². The molecule has 0 radical (unpaired) electrons. The van der Waals surface area contributed by atoms with Crippen LogP contribution in [0.25, 0.3) is 0 Å². The molecule has 0 saturated heterocycles. The van der Waals surface area contributed by atoms with Crippen LogP contribution in [0, 0.1) is 6.92 Å². The summed E-state index contributed by atoms with van der Waals surface area (Å²) in [5.41, 5.74) is 4.61. The van der Waals surface area contributed by atoms with E-state index in [-0.39, 0.29) is 5.92 Å². The van der Waals surface area contributed by atoms with E-state index in [0.29, 0.717) is 0 Å². The van der Waals surface area contributed by atoms with Crippen molar-refractivity contribution in [2.24, 2.45) is 0 Å². The van der Waals surface area contributed by atoms with Crippen molar-refractivity contribution in [3.8, 4) is 0 Å². The van der Waals surface area contributed by atoms with Gasteiger partial charge < -0.3 is 4.98 Å². The molecule has 20 heavy (non-hydrogen) atoms. The van der Waals surface area contributed by atoms with Crippen molar-refractivity contribution >= 4 is 11.6 Å². The molecule has 2 nitrogen and oxygen atoms in total. The lowest BCUT2D eigenvalue weighted by molar-refractivity contribution is 0.922. The molecule has 1 aromatic heterocycles. The standard InChI is InChI=1S/C17H15ClN2/c1-12-14(8-5-9-15(12)18)17(16-10-19-11-20-16)13-6-3-2-4-7-13/h2-11,17H,1H3,(H,19,20). The van der Waals surface area contributed by atoms with E-state index >= 15 is 0 Å². The molecular weight excluding hydrogens is 268 g/mol. The van der Waals surface area contributed by atoms with Crippen molar-refractivity contribution in [1.29, 1.82) is 0 Å². The highest BCUT2D eigenvalue weighted by molar-refractivity contribution is 6.31. The molecule has 0 spiro atoms. The van der Waals surface area contributed by atoms with Gasteiger partial charge >= 0.3 is 0 Å². The van der Waals surface area contributed by atoms with Gasteiger partial charge in [-0.05, 0) is 29.7 Å². The molecule has 3 rings (SSSR count). The zero-order valence-electron chi connectivity index (χ0n) is 11.2. The Balaban J connectivity index is 2.19. The zero-order valence-corrected chi connectivity index (χ0v) is 11.9. The fourth-order valence-corrected chi connectivity index (χ4v) is 2.72. The molecule has 0 aliphatic heterocycles. The number of H-pyrrole nitrogens is 1. The predicted molar refractivity (Wildman–Crippen MR) is 82.2 cm³/mol. The fraction of sp³-hybridized carbons (Fsp3) is 0.118. The average Bonchev–Trinajstić information content (AvgIpc) is 2.99. The molecule has 3 aromatic rings. The molecule has 0 fully saturated rings. The number of rotatable bonds is 3. The van der Waals surface area contributed by atoms with Crippen LogP contribution in [0.4, 0.5) is 0 Å². The van der Waals surface area contributed by atoms with Crippen LogP contribution in [0.2, 0.25) is 5.02 Å². The van der Waals surface area contributed by atoms with Crippen LogP contribution < -0.4 is 0 Å². The fourth-order valence-electron chi connectivity index (χ4n) is 2.53. The van der Waals surface area contributed by atoms with Gasteiger partial charge in [-0.1, -0.05) is 54.1 Å². The van der Waals surface area contributed by atoms with E-state index in [1.807, 2.05) is 24.4 Å². The van der Waals surface area contributed by atoms with Crippen molar-refractivity contribution < 1.29 is 0 Å². The highest BCUT2D eigenvalue weighted by Crippen LogP contribution is 2.34. The van der Waals surface area contributed by atoms with E-state index in [1.54, 1.807) is 6.33 Å². The van der Waals surface area contributed by atoms with Crippen molar-refractivity contribution in [3.05, 3.63) is 88.5 Å². The third kappa shape index (κ3) is 2.35. The second-order valence-electron chi connectivity index (χ2n) is 4.80. The second-order valence-corrected chi connectivity index (χ2v) is 5.21. The predicted octanol–water partition coefficient (Wildman–Crippen LogP) is 4.55. The molecule has 1 N–H and O–H groups in total. The minimum Gasteiger partial charge on any atom is -0.348 e. The van der Waals surface area contributed by atoms with Crippen molar-refractivity contribution in [2.75, 3.05) is 0 Å². The Morgan fingerprint density at radius 1 is 1.05 bits per heavy atom. The van der Waals surface area contributed by atoms with Gasteiger partial charge in [0.15, 0.2) is 0 Å². The average molecular weight is 283 g/mol. The number of nitrogens with zero attached hydrogens (tertiary/aromatic N) is 1. The molecule has 100 valence electrons. The molecule has 0 aliphatic carbocycles. The van der Waals surface area contributed by atoms with Gasteiger partial charge in [0, 0.05) is 16.9 Å². The molecular formula is C17H15ClN2. The first kappa shape index (κ1) is 12.9. The third-order valence-electron chi connectivity index (χ3n) is 3.58. The van der Waals surface area contributed by atoms with Crippen LogP contribution in [-0.2, 0) is 0 Å². The number of imidazole rings is 1. The summed E-state index contributed by atoms with van der Waals surface area (Å²) in [6.45, 7) is 2.06. The number of hydrogen-bond acceptors (Lipinski definition) is 1. The number of hydrogen-bond donors (Lipinski definition) is 1. The summed E-state index contributed by atoms with van der Waals surface area (Å²) in [4.78, 5) is 7.38. The summed E-state index contributed by atoms with van der Waals surface area (Å²) < 4.78 is 0. The first-order valence-electron chi connectivity index (χ1n) is 6.55. The van der Waals surface area contributed by atoms with Gasteiger partial charge in [-0.25, -0.2) is 4.98 Å². The lowest BCUT2D eigenvalue weighted by Crippen LogP contribution is -2.06. The summed E-state index contributed by atoms with van der Waals surface area (Å²) in [5, 5.41) is 0.794. The topological polar surface area (TPSA) is 28.7 Å². The minimum absolute atomic E-state index is 0.123. The quantitative estimate of drug-likeness (QED) is 0.750. The molecule has 2 aromatic carbocycles. The minimum atomic E-state index is 0.123. The molecule has 0 aliphatic rings. The number of benzene rings is 2. The monoisotopic (exact) mass is 282 g/mol. The number of halogens is 1. The van der Waals surface area contributed by atoms with Crippen molar-refractivity contribution in [3.63, 3.8) is 0 Å². The largest absolute Gasteiger partial charge is 0.348 e. The number of aromatic amines is 1. The maximum absolute atomic E-state index is 6.28. The van der Waals surface area contributed by atoms with E-state index in [9.17, 15) is 0 Å². The summed E-state index contributed by atoms with van der Waals surface area (Å²) in [6.07, 6.45) is 3.59. The molecule has 0 bridgehead atoms. The summed E-state index contributed by atoms with van der Waals surface area (Å²) in [7, 11) is 0. The van der Waals surface area contributed by atoms with Gasteiger partial charge in [0.05, 0.1) is 12.2 Å². The van der Waals surface area contributed by atoms with E-state index in [4.69, 9.17) is 11.6 Å². The van der Waals surface area contributed by atoms with Gasteiger partial charge in [0.25, 0.3) is 0 Å². The Morgan fingerprint density at radius 2 is 1.85 bits per heavy atom. The van der Waals surface area contributed by atoms with Crippen LogP contribution in [0.5, 0.6) is 0 Å². The Hall–Kier alpha value is -2.06. The van der Waals surface area contributed by atoms with Gasteiger partial charge in [-0.2, -0.15) is 0 Å². The smallest absolute Gasteiger partial charge is 0.0922 e. The van der Waals surface area contributed by atoms with Crippen LogP contribution in [0.3, 0.4) is 0 Å². The Kier molecular flexibility index (Phi) is 3.57. The zero-order chi connectivity index (χ0) is 13.9. The van der Waals surface area contributed by atoms with Gasteiger partial charge in [-0.3, -0.25) is 0 Å². The van der Waals surface area contributed by atoms with Crippen molar-refractivity contribution in [1.82, 2.24) is 9.97 Å². The summed E-state index contributed by atoms with van der Waals surface area (Å²) in [6, 6.07) is 16.4. The van der Waals surface area contributed by atoms with E-state index in [2.05, 4.69) is 47.2 Å². The van der Waals surface area contributed by atoms with Crippen LogP contribution in [-0.4, -0.2) is 9.97 Å². The lowest BCUT2D eigenvalue weighted by Gasteiger charge is -2.19. The van der Waals surface area contributed by atoms with Crippen LogP contribution in [0.1, 0.15) is 28.3 Å². The molecule has 1 heterocycles. The Labute approximate surface area is 123 Å². The van der Waals surface area contributed by atoms with E-state index in [1.165, 1.54) is 11.1 Å². The number of aromatic nitrogens is 2. The van der Waals surface area contributed by atoms with E-state index < -0.39 is 0 Å². The Morgan fingerprint density at radius 3 is 2.55 bits per heavy atom. The molecule has 1 unspecified atom stereocenters. The SMILES string of the molecule is Cc1c(Cl)cccc1C(c1ccccc1)c1cnc[nH]1. The van der Waals surface area contributed by atoms with Crippen LogP contribution >= 0.6 is 11.6 Å². The highest BCUT2D eigenvalue weighted by Gasteiger charge is 2.20.